The van der Waals surface area contributed by atoms with E-state index in [1.807, 2.05) is 0 Å². The van der Waals surface area contributed by atoms with Crippen molar-refractivity contribution in [1.82, 2.24) is 9.88 Å². The monoisotopic (exact) mass is 222 g/mol. The summed E-state index contributed by atoms with van der Waals surface area (Å²) in [5.74, 6) is 0. The largest absolute Gasteiger partial charge is 0.353 e. The molecule has 0 aromatic carbocycles. The molecule has 0 saturated heterocycles. The van der Waals surface area contributed by atoms with Crippen LogP contribution < -0.4 is 5.32 Å². The molecule has 1 aromatic heterocycles. The topological polar surface area (TPSA) is 17.0 Å². The van der Waals surface area contributed by atoms with E-state index in [0.29, 0.717) is 6.04 Å². The average Bonchev–Trinajstić information content (AvgIpc) is 2.67. The van der Waals surface area contributed by atoms with Crippen LogP contribution in [0.2, 0.25) is 0 Å². The van der Waals surface area contributed by atoms with E-state index in [-0.39, 0.29) is 0 Å². The maximum absolute atomic E-state index is 3.58. The summed E-state index contributed by atoms with van der Waals surface area (Å²) in [5, 5.41) is 3.58. The Balaban J connectivity index is 2.10. The summed E-state index contributed by atoms with van der Waals surface area (Å²) in [6, 6.07) is 4.91. The first-order valence-electron chi connectivity index (χ1n) is 6.57. The number of nitrogens with zero attached hydrogens (tertiary/aromatic N) is 1. The first kappa shape index (κ1) is 13.3. The quantitative estimate of drug-likeness (QED) is 0.666. The van der Waals surface area contributed by atoms with Crippen LogP contribution in [0.5, 0.6) is 0 Å². The Hall–Kier alpha value is -0.760. The molecular formula is C14H26N2. The van der Waals surface area contributed by atoms with Crippen LogP contribution in [-0.4, -0.2) is 10.6 Å². The Morgan fingerprint density at radius 2 is 2.12 bits per heavy atom. The Labute approximate surface area is 100 Å². The molecule has 1 rings (SSSR count). The predicted octanol–water partition coefficient (Wildman–Crippen LogP) is 3.47. The molecule has 0 aliphatic heterocycles. The molecule has 1 aromatic rings. The molecule has 1 unspecified atom stereocenters. The molecule has 2 heteroatoms. The van der Waals surface area contributed by atoms with Gasteiger partial charge in [-0.3, -0.25) is 0 Å². The first-order chi connectivity index (χ1) is 7.74. The van der Waals surface area contributed by atoms with E-state index >= 15 is 0 Å². The van der Waals surface area contributed by atoms with Crippen molar-refractivity contribution in [2.45, 2.75) is 58.5 Å². The summed E-state index contributed by atoms with van der Waals surface area (Å²) in [6.07, 6.45) is 8.84. The Bertz CT molecular complexity index is 278. The van der Waals surface area contributed by atoms with E-state index in [1.165, 1.54) is 37.8 Å². The standard InChI is InChI=1S/C14H26N2/c1-4-5-6-7-9-13(2)15-12-14-10-8-11-16(14)3/h8,10-11,13,15H,4-7,9,12H2,1-3H3. The highest BCUT2D eigenvalue weighted by molar-refractivity contribution is 5.06. The van der Waals surface area contributed by atoms with Gasteiger partial charge in [-0.05, 0) is 25.5 Å². The van der Waals surface area contributed by atoms with Gasteiger partial charge in [-0.1, -0.05) is 32.6 Å². The third-order valence-corrected chi connectivity index (χ3v) is 3.17. The van der Waals surface area contributed by atoms with Gasteiger partial charge in [0, 0.05) is 31.5 Å². The van der Waals surface area contributed by atoms with Crippen LogP contribution in [-0.2, 0) is 13.6 Å². The molecule has 1 heterocycles. The highest BCUT2D eigenvalue weighted by Crippen LogP contribution is 2.06. The molecule has 2 nitrogen and oxygen atoms in total. The smallest absolute Gasteiger partial charge is 0.0361 e. The summed E-state index contributed by atoms with van der Waals surface area (Å²) in [6.45, 7) is 5.53. The number of hydrogen-bond acceptors (Lipinski definition) is 1. The van der Waals surface area contributed by atoms with E-state index in [2.05, 4.69) is 49.1 Å². The minimum Gasteiger partial charge on any atom is -0.353 e. The number of nitrogens with one attached hydrogen (secondary N) is 1. The third kappa shape index (κ3) is 4.84. The van der Waals surface area contributed by atoms with Crippen molar-refractivity contribution < 1.29 is 0 Å². The fourth-order valence-corrected chi connectivity index (χ4v) is 1.94. The molecular weight excluding hydrogens is 196 g/mol. The van der Waals surface area contributed by atoms with Crippen LogP contribution >= 0.6 is 0 Å². The van der Waals surface area contributed by atoms with E-state index in [1.54, 1.807) is 0 Å². The van der Waals surface area contributed by atoms with E-state index in [0.717, 1.165) is 6.54 Å². The Kier molecular flexibility index (Phi) is 6.24. The van der Waals surface area contributed by atoms with Crippen LogP contribution in [0, 0.1) is 0 Å². The van der Waals surface area contributed by atoms with Gasteiger partial charge in [-0.2, -0.15) is 0 Å². The SMILES string of the molecule is CCCCCCC(C)NCc1cccn1C. The highest BCUT2D eigenvalue weighted by Gasteiger charge is 2.02. The van der Waals surface area contributed by atoms with Crippen molar-refractivity contribution in [3.05, 3.63) is 24.0 Å². The Morgan fingerprint density at radius 3 is 2.75 bits per heavy atom. The normalized spacial score (nSPS) is 12.9. The lowest BCUT2D eigenvalue weighted by atomic mass is 10.1. The summed E-state index contributed by atoms with van der Waals surface area (Å²) in [5.41, 5.74) is 1.36. The molecule has 0 saturated carbocycles. The second-order valence-electron chi connectivity index (χ2n) is 4.74. The molecule has 1 atom stereocenters. The van der Waals surface area contributed by atoms with Gasteiger partial charge >= 0.3 is 0 Å². The highest BCUT2D eigenvalue weighted by atomic mass is 15.0. The fraction of sp³-hybridized carbons (Fsp3) is 0.714. The van der Waals surface area contributed by atoms with Gasteiger partial charge in [0.2, 0.25) is 0 Å². The number of rotatable bonds is 8. The second-order valence-corrected chi connectivity index (χ2v) is 4.74. The van der Waals surface area contributed by atoms with E-state index in [9.17, 15) is 0 Å². The van der Waals surface area contributed by atoms with Gasteiger partial charge in [0.1, 0.15) is 0 Å². The summed E-state index contributed by atoms with van der Waals surface area (Å²) in [4.78, 5) is 0. The van der Waals surface area contributed by atoms with Gasteiger partial charge in [-0.25, -0.2) is 0 Å². The lowest BCUT2D eigenvalue weighted by Gasteiger charge is -2.14. The second kappa shape index (κ2) is 7.50. The fourth-order valence-electron chi connectivity index (χ4n) is 1.94. The summed E-state index contributed by atoms with van der Waals surface area (Å²) in [7, 11) is 2.10. The van der Waals surface area contributed by atoms with Crippen LogP contribution in [0.1, 0.15) is 51.6 Å². The molecule has 0 aliphatic carbocycles. The van der Waals surface area contributed by atoms with Gasteiger partial charge in [0.15, 0.2) is 0 Å². The average molecular weight is 222 g/mol. The third-order valence-electron chi connectivity index (χ3n) is 3.17. The van der Waals surface area contributed by atoms with Crippen LogP contribution in [0.25, 0.3) is 0 Å². The molecule has 0 spiro atoms. The van der Waals surface area contributed by atoms with Gasteiger partial charge in [0.25, 0.3) is 0 Å². The number of unbranched alkanes of at least 4 members (excludes halogenated alkanes) is 3. The van der Waals surface area contributed by atoms with Crippen molar-refractivity contribution in [1.29, 1.82) is 0 Å². The molecule has 0 amide bonds. The number of aromatic nitrogens is 1. The minimum atomic E-state index is 0.631. The molecule has 0 aliphatic rings. The Morgan fingerprint density at radius 1 is 1.31 bits per heavy atom. The van der Waals surface area contributed by atoms with Crippen LogP contribution in [0.15, 0.2) is 18.3 Å². The van der Waals surface area contributed by atoms with Gasteiger partial charge in [0.05, 0.1) is 0 Å². The lowest BCUT2D eigenvalue weighted by Crippen LogP contribution is -2.26. The van der Waals surface area contributed by atoms with Crippen LogP contribution in [0.3, 0.4) is 0 Å². The van der Waals surface area contributed by atoms with Gasteiger partial charge in [-0.15, -0.1) is 0 Å². The molecule has 1 N–H and O–H groups in total. The zero-order chi connectivity index (χ0) is 11.8. The number of aryl methyl sites for hydroxylation is 1. The molecule has 92 valence electrons. The van der Waals surface area contributed by atoms with Crippen molar-refractivity contribution >= 4 is 0 Å². The number of hydrogen-bond donors (Lipinski definition) is 1. The molecule has 0 bridgehead atoms. The zero-order valence-electron chi connectivity index (χ0n) is 11.0. The van der Waals surface area contributed by atoms with E-state index < -0.39 is 0 Å². The minimum absolute atomic E-state index is 0.631. The summed E-state index contributed by atoms with van der Waals surface area (Å²) >= 11 is 0. The zero-order valence-corrected chi connectivity index (χ0v) is 11.0. The molecule has 0 fully saturated rings. The van der Waals surface area contributed by atoms with E-state index in [4.69, 9.17) is 0 Å². The van der Waals surface area contributed by atoms with Gasteiger partial charge < -0.3 is 9.88 Å². The maximum atomic E-state index is 3.58. The van der Waals surface area contributed by atoms with Crippen molar-refractivity contribution in [2.24, 2.45) is 7.05 Å². The van der Waals surface area contributed by atoms with Crippen molar-refractivity contribution in [3.8, 4) is 0 Å². The maximum Gasteiger partial charge on any atom is 0.0361 e. The lowest BCUT2D eigenvalue weighted by molar-refractivity contribution is 0.476. The molecule has 0 radical (unpaired) electrons. The van der Waals surface area contributed by atoms with Crippen LogP contribution in [0.4, 0.5) is 0 Å². The van der Waals surface area contributed by atoms with Crippen molar-refractivity contribution in [2.75, 3.05) is 0 Å². The summed E-state index contributed by atoms with van der Waals surface area (Å²) < 4.78 is 2.18. The molecule has 16 heavy (non-hydrogen) atoms. The first-order valence-corrected chi connectivity index (χ1v) is 6.57. The predicted molar refractivity (Wildman–Crippen MR) is 70.5 cm³/mol. The van der Waals surface area contributed by atoms with Crippen molar-refractivity contribution in [3.63, 3.8) is 0 Å².